The molecule has 0 fully saturated rings. The van der Waals surface area contributed by atoms with Crippen molar-refractivity contribution in [3.63, 3.8) is 0 Å². The molecule has 0 unspecified atom stereocenters. The van der Waals surface area contributed by atoms with Crippen LogP contribution in [0.25, 0.3) is 10.9 Å². The first-order valence-electron chi connectivity index (χ1n) is 7.12. The van der Waals surface area contributed by atoms with Gasteiger partial charge in [0.1, 0.15) is 4.90 Å². The largest absolute Gasteiger partial charge is 0.399 e. The molecule has 2 rings (SSSR count). The second-order valence-corrected chi connectivity index (χ2v) is 7.88. The molecule has 3 N–H and O–H groups in total. The van der Waals surface area contributed by atoms with Gasteiger partial charge in [0.2, 0.25) is 10.0 Å². The molecule has 0 amide bonds. The van der Waals surface area contributed by atoms with Gasteiger partial charge in [-0.3, -0.25) is 0 Å². The summed E-state index contributed by atoms with van der Waals surface area (Å²) >= 11 is 0. The smallest absolute Gasteiger partial charge is 0.245 e. The molecule has 6 heteroatoms. The Kier molecular flexibility index (Phi) is 4.30. The predicted molar refractivity (Wildman–Crippen MR) is 86.6 cm³/mol. The molecule has 0 aliphatic rings. The van der Waals surface area contributed by atoms with E-state index in [1.54, 1.807) is 28.7 Å². The lowest BCUT2D eigenvalue weighted by atomic mass is 10.2. The molecule has 1 aromatic heterocycles. The number of fused-ring (bicyclic) bond motifs is 1. The molecule has 2 aromatic rings. The summed E-state index contributed by atoms with van der Waals surface area (Å²) in [4.78, 5) is 3.30. The molecule has 0 atom stereocenters. The molecular formula is C15H23N3O2S. The normalized spacial score (nSPS) is 12.9. The first kappa shape index (κ1) is 15.9. The van der Waals surface area contributed by atoms with Crippen LogP contribution in [0.5, 0.6) is 0 Å². The molecule has 0 aliphatic carbocycles. The average Bonchev–Trinajstić information content (AvgIpc) is 2.78. The van der Waals surface area contributed by atoms with Crippen molar-refractivity contribution in [2.24, 2.45) is 5.92 Å². The number of aromatic nitrogens is 1. The number of hydrogen-bond acceptors (Lipinski definition) is 3. The lowest BCUT2D eigenvalue weighted by Gasteiger charge is -2.27. The maximum atomic E-state index is 13.0. The van der Waals surface area contributed by atoms with Gasteiger partial charge < -0.3 is 10.7 Å². The third-order valence-electron chi connectivity index (χ3n) is 3.38. The number of anilines is 1. The van der Waals surface area contributed by atoms with Crippen LogP contribution in [0.3, 0.4) is 0 Å². The van der Waals surface area contributed by atoms with Crippen LogP contribution in [0.2, 0.25) is 0 Å². The van der Waals surface area contributed by atoms with E-state index < -0.39 is 10.0 Å². The van der Waals surface area contributed by atoms with Crippen molar-refractivity contribution in [1.29, 1.82) is 0 Å². The third kappa shape index (κ3) is 3.06. The van der Waals surface area contributed by atoms with Gasteiger partial charge in [0.25, 0.3) is 0 Å². The molecular weight excluding hydrogens is 286 g/mol. The van der Waals surface area contributed by atoms with Crippen LogP contribution in [0, 0.1) is 5.92 Å². The number of rotatable bonds is 5. The number of benzene rings is 1. The van der Waals surface area contributed by atoms with Gasteiger partial charge in [-0.05, 0) is 38.0 Å². The van der Waals surface area contributed by atoms with Gasteiger partial charge in [0.05, 0.1) is 0 Å². The van der Waals surface area contributed by atoms with Crippen LogP contribution in [0.4, 0.5) is 5.69 Å². The predicted octanol–water partition coefficient (Wildman–Crippen LogP) is 2.81. The van der Waals surface area contributed by atoms with Crippen LogP contribution in [-0.4, -0.2) is 30.3 Å². The number of nitrogens with one attached hydrogen (secondary N) is 1. The van der Waals surface area contributed by atoms with E-state index in [9.17, 15) is 8.42 Å². The van der Waals surface area contributed by atoms with E-state index >= 15 is 0 Å². The molecule has 0 saturated carbocycles. The maximum absolute atomic E-state index is 13.0. The highest BCUT2D eigenvalue weighted by Crippen LogP contribution is 2.28. The van der Waals surface area contributed by atoms with Crippen LogP contribution in [0.1, 0.15) is 27.7 Å². The Morgan fingerprint density at radius 1 is 1.24 bits per heavy atom. The van der Waals surface area contributed by atoms with Crippen LogP contribution < -0.4 is 5.73 Å². The van der Waals surface area contributed by atoms with Gasteiger partial charge in [-0.15, -0.1) is 0 Å². The summed E-state index contributed by atoms with van der Waals surface area (Å²) in [5.74, 6) is 0.262. The van der Waals surface area contributed by atoms with E-state index in [1.165, 1.54) is 0 Å². The number of aromatic amines is 1. The minimum absolute atomic E-state index is 0.0941. The molecule has 0 aliphatic heterocycles. The highest BCUT2D eigenvalue weighted by Gasteiger charge is 2.29. The molecule has 5 nitrogen and oxygen atoms in total. The topological polar surface area (TPSA) is 79.2 Å². The molecule has 1 heterocycles. The fourth-order valence-corrected chi connectivity index (χ4v) is 4.36. The first-order chi connectivity index (χ1) is 9.73. The zero-order chi connectivity index (χ0) is 15.8. The average molecular weight is 309 g/mol. The van der Waals surface area contributed by atoms with E-state index in [0.29, 0.717) is 22.5 Å². The molecule has 0 bridgehead atoms. The Morgan fingerprint density at radius 2 is 1.90 bits per heavy atom. The summed E-state index contributed by atoms with van der Waals surface area (Å²) in [6.45, 7) is 8.30. The number of sulfonamides is 1. The van der Waals surface area contributed by atoms with Crippen molar-refractivity contribution in [3.8, 4) is 0 Å². The lowest BCUT2D eigenvalue weighted by molar-refractivity contribution is 0.319. The molecule has 0 saturated heterocycles. The Morgan fingerprint density at radius 3 is 2.48 bits per heavy atom. The fraction of sp³-hybridized carbons (Fsp3) is 0.467. The van der Waals surface area contributed by atoms with Crippen molar-refractivity contribution in [2.45, 2.75) is 38.6 Å². The summed E-state index contributed by atoms with van der Waals surface area (Å²) in [5, 5.41) is 0.643. The van der Waals surface area contributed by atoms with E-state index in [0.717, 1.165) is 5.52 Å². The van der Waals surface area contributed by atoms with Crippen LogP contribution >= 0.6 is 0 Å². The van der Waals surface area contributed by atoms with E-state index in [-0.39, 0.29) is 12.0 Å². The number of nitrogens with zero attached hydrogens (tertiary/aromatic N) is 1. The Bertz CT molecular complexity index is 732. The van der Waals surface area contributed by atoms with Crippen molar-refractivity contribution in [3.05, 3.63) is 24.4 Å². The molecule has 0 radical (unpaired) electrons. The molecule has 116 valence electrons. The monoisotopic (exact) mass is 309 g/mol. The molecule has 21 heavy (non-hydrogen) atoms. The Hall–Kier alpha value is -1.53. The number of H-pyrrole nitrogens is 1. The van der Waals surface area contributed by atoms with Gasteiger partial charge in [-0.2, -0.15) is 4.31 Å². The second kappa shape index (κ2) is 5.69. The summed E-state index contributed by atoms with van der Waals surface area (Å²) in [7, 11) is -3.55. The summed E-state index contributed by atoms with van der Waals surface area (Å²) in [6, 6.07) is 5.16. The zero-order valence-electron chi connectivity index (χ0n) is 12.9. The summed E-state index contributed by atoms with van der Waals surface area (Å²) in [5.41, 5.74) is 7.12. The zero-order valence-corrected chi connectivity index (χ0v) is 13.7. The minimum Gasteiger partial charge on any atom is -0.399 e. The quantitative estimate of drug-likeness (QED) is 0.834. The van der Waals surface area contributed by atoms with Crippen molar-refractivity contribution in [2.75, 3.05) is 12.3 Å². The minimum atomic E-state index is -3.55. The maximum Gasteiger partial charge on any atom is 0.245 e. The summed E-state index contributed by atoms with van der Waals surface area (Å²) in [6.07, 6.45) is 1.55. The lowest BCUT2D eigenvalue weighted by Crippen LogP contribution is -2.39. The van der Waals surface area contributed by atoms with Crippen LogP contribution in [-0.2, 0) is 10.0 Å². The van der Waals surface area contributed by atoms with E-state index in [4.69, 9.17) is 5.73 Å². The second-order valence-electron chi connectivity index (χ2n) is 6.02. The molecule has 1 aromatic carbocycles. The first-order valence-corrected chi connectivity index (χ1v) is 8.56. The van der Waals surface area contributed by atoms with Gasteiger partial charge >= 0.3 is 0 Å². The third-order valence-corrected chi connectivity index (χ3v) is 5.46. The van der Waals surface area contributed by atoms with Crippen LogP contribution in [0.15, 0.2) is 29.3 Å². The number of nitrogens with two attached hydrogens (primary N) is 1. The Balaban J connectivity index is 2.57. The SMILES string of the molecule is CC(C)CN(C(C)C)S(=O)(=O)c1c[nH]c2ccc(N)cc12. The van der Waals surface area contributed by atoms with Gasteiger partial charge in [0, 0.05) is 35.4 Å². The van der Waals surface area contributed by atoms with Crippen molar-refractivity contribution in [1.82, 2.24) is 9.29 Å². The van der Waals surface area contributed by atoms with Gasteiger partial charge in [-0.1, -0.05) is 13.8 Å². The standard InChI is InChI=1S/C15H23N3O2S/c1-10(2)9-18(11(3)4)21(19,20)15-8-17-14-6-5-12(16)7-13(14)15/h5-8,10-11,17H,9,16H2,1-4H3. The van der Waals surface area contributed by atoms with Crippen molar-refractivity contribution >= 4 is 26.6 Å². The van der Waals surface area contributed by atoms with Crippen molar-refractivity contribution < 1.29 is 8.42 Å². The molecule has 0 spiro atoms. The van der Waals surface area contributed by atoms with Gasteiger partial charge in [-0.25, -0.2) is 8.42 Å². The Labute approximate surface area is 126 Å². The van der Waals surface area contributed by atoms with E-state index in [2.05, 4.69) is 4.98 Å². The highest BCUT2D eigenvalue weighted by molar-refractivity contribution is 7.89. The fourth-order valence-electron chi connectivity index (χ4n) is 2.40. The number of hydrogen-bond donors (Lipinski definition) is 2. The summed E-state index contributed by atoms with van der Waals surface area (Å²) < 4.78 is 27.5. The van der Waals surface area contributed by atoms with E-state index in [1.807, 2.05) is 27.7 Å². The highest BCUT2D eigenvalue weighted by atomic mass is 32.2. The number of nitrogen functional groups attached to an aromatic ring is 1. The van der Waals surface area contributed by atoms with Gasteiger partial charge in [0.15, 0.2) is 0 Å².